The van der Waals surface area contributed by atoms with Crippen molar-refractivity contribution in [3.63, 3.8) is 0 Å². The first-order valence-electron chi connectivity index (χ1n) is 7.42. The molecule has 0 saturated carbocycles. The van der Waals surface area contributed by atoms with Crippen LogP contribution in [0.4, 0.5) is 17.6 Å². The Bertz CT molecular complexity index is 801. The largest absolute Gasteiger partial charge is 0.409 e. The smallest absolute Gasteiger partial charge is 0.287 e. The molecule has 0 bridgehead atoms. The van der Waals surface area contributed by atoms with Gasteiger partial charge in [0.25, 0.3) is 0 Å². The van der Waals surface area contributed by atoms with Crippen LogP contribution < -0.4 is 5.43 Å². The predicted molar refractivity (Wildman–Crippen MR) is 81.3 cm³/mol. The number of alkyl halides is 3. The highest BCUT2D eigenvalue weighted by Gasteiger charge is 2.51. The topological polar surface area (TPSA) is 32.3 Å². The van der Waals surface area contributed by atoms with E-state index in [0.717, 1.165) is 5.01 Å². The third-order valence-corrected chi connectivity index (χ3v) is 4.21. The van der Waals surface area contributed by atoms with Gasteiger partial charge in [0.15, 0.2) is 0 Å². The maximum atomic E-state index is 13.7. The molecule has 1 aliphatic rings. The van der Waals surface area contributed by atoms with Gasteiger partial charge in [-0.1, -0.05) is 24.3 Å². The number of benzene rings is 2. The van der Waals surface area contributed by atoms with Gasteiger partial charge >= 0.3 is 6.18 Å². The number of fused-ring (bicyclic) bond motifs is 1. The fourth-order valence-corrected chi connectivity index (χ4v) is 2.95. The van der Waals surface area contributed by atoms with Gasteiger partial charge < -0.3 is 0 Å². The number of hydrogen-bond donors (Lipinski definition) is 1. The van der Waals surface area contributed by atoms with Crippen LogP contribution in [0.3, 0.4) is 0 Å². The summed E-state index contributed by atoms with van der Waals surface area (Å²) in [6.07, 6.45) is -4.59. The van der Waals surface area contributed by atoms with Crippen molar-refractivity contribution in [3.05, 3.63) is 47.8 Å². The average Bonchev–Trinajstić information content (AvgIpc) is 2.71. The van der Waals surface area contributed by atoms with Gasteiger partial charge in [-0.2, -0.15) is 13.2 Å². The van der Waals surface area contributed by atoms with E-state index in [0.29, 0.717) is 5.39 Å². The molecular weight excluding hydrogens is 324 g/mol. The number of nitrogens with zero attached hydrogens (tertiary/aromatic N) is 1. The molecule has 3 nitrogen and oxygen atoms in total. The second-order valence-electron chi connectivity index (χ2n) is 6.62. The molecule has 0 unspecified atom stereocenters. The van der Waals surface area contributed by atoms with Crippen molar-refractivity contribution in [2.24, 2.45) is 5.41 Å². The van der Waals surface area contributed by atoms with Gasteiger partial charge in [0.05, 0.1) is 5.41 Å². The van der Waals surface area contributed by atoms with Gasteiger partial charge in [0, 0.05) is 11.9 Å². The standard InChI is InChI=1S/C17H16F4N2O/c1-16(2)9-23(22-15(16)24)14(17(19,20)21)11-6-7-12-10(8-11)4-3-5-13(12)18/h3-8,14H,9H2,1-2H3,(H,22,24)/t14-/m0/s1. The Morgan fingerprint density at radius 1 is 1.21 bits per heavy atom. The zero-order valence-electron chi connectivity index (χ0n) is 13.1. The molecule has 1 N–H and O–H groups in total. The molecule has 24 heavy (non-hydrogen) atoms. The van der Waals surface area contributed by atoms with Crippen molar-refractivity contribution in [3.8, 4) is 0 Å². The third kappa shape index (κ3) is 2.84. The molecule has 128 valence electrons. The van der Waals surface area contributed by atoms with Crippen LogP contribution in [0.5, 0.6) is 0 Å². The lowest BCUT2D eigenvalue weighted by molar-refractivity contribution is -0.191. The summed E-state index contributed by atoms with van der Waals surface area (Å²) in [4.78, 5) is 11.9. The fourth-order valence-electron chi connectivity index (χ4n) is 2.95. The van der Waals surface area contributed by atoms with Crippen LogP contribution in [0.25, 0.3) is 10.8 Å². The lowest BCUT2D eigenvalue weighted by atomic mass is 9.93. The number of amides is 1. The molecule has 2 aromatic carbocycles. The monoisotopic (exact) mass is 340 g/mol. The van der Waals surface area contributed by atoms with Gasteiger partial charge in [0.2, 0.25) is 5.91 Å². The Hall–Kier alpha value is -2.15. The summed E-state index contributed by atoms with van der Waals surface area (Å²) >= 11 is 0. The highest BCUT2D eigenvalue weighted by atomic mass is 19.4. The summed E-state index contributed by atoms with van der Waals surface area (Å²) in [6, 6.07) is 6.17. The van der Waals surface area contributed by atoms with Crippen molar-refractivity contribution in [2.75, 3.05) is 6.54 Å². The molecule has 1 aliphatic heterocycles. The minimum absolute atomic E-state index is 0.0430. The van der Waals surface area contributed by atoms with Gasteiger partial charge in [0.1, 0.15) is 11.9 Å². The van der Waals surface area contributed by atoms with Gasteiger partial charge in [-0.25, -0.2) is 9.40 Å². The van der Waals surface area contributed by atoms with E-state index in [4.69, 9.17) is 0 Å². The molecule has 1 heterocycles. The van der Waals surface area contributed by atoms with E-state index >= 15 is 0 Å². The number of carbonyl (C=O) groups excluding carboxylic acids is 1. The number of hydrazine groups is 1. The normalized spacial score (nSPS) is 19.5. The summed E-state index contributed by atoms with van der Waals surface area (Å²) in [5.74, 6) is -0.943. The predicted octanol–water partition coefficient (Wildman–Crippen LogP) is 3.96. The third-order valence-electron chi connectivity index (χ3n) is 4.21. The van der Waals surface area contributed by atoms with E-state index in [-0.39, 0.29) is 17.5 Å². The van der Waals surface area contributed by atoms with E-state index in [1.807, 2.05) is 0 Å². The summed E-state index contributed by atoms with van der Waals surface area (Å²) in [7, 11) is 0. The number of rotatable bonds is 2. The van der Waals surface area contributed by atoms with E-state index < -0.39 is 29.4 Å². The average molecular weight is 340 g/mol. The molecule has 1 amide bonds. The zero-order chi connectivity index (χ0) is 17.7. The fraction of sp³-hybridized carbons (Fsp3) is 0.353. The molecule has 2 aromatic rings. The first kappa shape index (κ1) is 16.7. The molecule has 7 heteroatoms. The highest BCUT2D eigenvalue weighted by molar-refractivity contribution is 5.84. The van der Waals surface area contributed by atoms with Crippen LogP contribution in [0.1, 0.15) is 25.5 Å². The summed E-state index contributed by atoms with van der Waals surface area (Å²) in [5, 5.41) is 1.54. The molecule has 0 aromatic heterocycles. The van der Waals surface area contributed by atoms with E-state index in [9.17, 15) is 22.4 Å². The minimum atomic E-state index is -4.59. The Morgan fingerprint density at radius 2 is 1.92 bits per heavy atom. The van der Waals surface area contributed by atoms with Crippen LogP contribution in [0, 0.1) is 11.2 Å². The van der Waals surface area contributed by atoms with E-state index in [2.05, 4.69) is 5.43 Å². The highest BCUT2D eigenvalue weighted by Crippen LogP contribution is 2.41. The van der Waals surface area contributed by atoms with Crippen molar-refractivity contribution < 1.29 is 22.4 Å². The van der Waals surface area contributed by atoms with Gasteiger partial charge in [-0.3, -0.25) is 10.2 Å². The first-order chi connectivity index (χ1) is 11.1. The van der Waals surface area contributed by atoms with Crippen LogP contribution in [0.2, 0.25) is 0 Å². The zero-order valence-corrected chi connectivity index (χ0v) is 13.1. The lowest BCUT2D eigenvalue weighted by Crippen LogP contribution is -2.43. The number of nitrogens with one attached hydrogen (secondary N) is 1. The lowest BCUT2D eigenvalue weighted by Gasteiger charge is -2.30. The Morgan fingerprint density at radius 3 is 2.50 bits per heavy atom. The first-order valence-corrected chi connectivity index (χ1v) is 7.42. The van der Waals surface area contributed by atoms with Crippen LogP contribution >= 0.6 is 0 Å². The number of hydrogen-bond acceptors (Lipinski definition) is 2. The van der Waals surface area contributed by atoms with Gasteiger partial charge in [-0.15, -0.1) is 0 Å². The minimum Gasteiger partial charge on any atom is -0.287 e. The van der Waals surface area contributed by atoms with Gasteiger partial charge in [-0.05, 0) is 36.9 Å². The Kier molecular flexibility index (Phi) is 3.79. The van der Waals surface area contributed by atoms with E-state index in [1.54, 1.807) is 19.9 Å². The SMILES string of the molecule is CC1(C)CN([C@@H](c2ccc3c(F)cccc3c2)C(F)(F)F)NC1=O. The Balaban J connectivity index is 2.06. The number of halogens is 4. The van der Waals surface area contributed by atoms with Crippen molar-refractivity contribution >= 4 is 16.7 Å². The summed E-state index contributed by atoms with van der Waals surface area (Å²) in [6.45, 7) is 3.11. The van der Waals surface area contributed by atoms with Crippen LogP contribution in [-0.2, 0) is 4.79 Å². The summed E-state index contributed by atoms with van der Waals surface area (Å²) < 4.78 is 54.7. The van der Waals surface area contributed by atoms with E-state index in [1.165, 1.54) is 30.3 Å². The maximum absolute atomic E-state index is 13.7. The molecule has 1 fully saturated rings. The van der Waals surface area contributed by atoms with Crippen LogP contribution in [-0.4, -0.2) is 23.6 Å². The molecule has 1 atom stereocenters. The number of carbonyl (C=O) groups is 1. The molecule has 0 radical (unpaired) electrons. The molecule has 0 aliphatic carbocycles. The molecule has 1 saturated heterocycles. The Labute approximate surface area is 136 Å². The second-order valence-corrected chi connectivity index (χ2v) is 6.62. The molecule has 0 spiro atoms. The quantitative estimate of drug-likeness (QED) is 0.840. The van der Waals surface area contributed by atoms with Crippen molar-refractivity contribution in [1.82, 2.24) is 10.4 Å². The van der Waals surface area contributed by atoms with Crippen molar-refractivity contribution in [2.45, 2.75) is 26.1 Å². The molecular formula is C17H16F4N2O. The maximum Gasteiger partial charge on any atom is 0.409 e. The van der Waals surface area contributed by atoms with Crippen LogP contribution in [0.15, 0.2) is 36.4 Å². The second kappa shape index (κ2) is 5.44. The molecule has 3 rings (SSSR count). The summed E-state index contributed by atoms with van der Waals surface area (Å²) in [5.41, 5.74) is 1.36. The van der Waals surface area contributed by atoms with Crippen molar-refractivity contribution in [1.29, 1.82) is 0 Å².